The zero-order valence-corrected chi connectivity index (χ0v) is 7.42. The molecule has 0 fully saturated rings. The first-order chi connectivity index (χ1) is 6.66. The number of nitrogens with two attached hydrogens (primary N) is 1. The summed E-state index contributed by atoms with van der Waals surface area (Å²) in [5, 5.41) is 17.5. The number of carboxylic acid groups (broad SMARTS) is 1. The van der Waals surface area contributed by atoms with Crippen LogP contribution in [0.2, 0.25) is 0 Å². The number of nitrogens with zero attached hydrogens (tertiary/aromatic N) is 1. The molecule has 72 valence electrons. The van der Waals surface area contributed by atoms with Gasteiger partial charge in [0.05, 0.1) is 12.0 Å². The van der Waals surface area contributed by atoms with Crippen LogP contribution in [0.15, 0.2) is 30.3 Å². The van der Waals surface area contributed by atoms with E-state index in [1.807, 2.05) is 6.07 Å². The van der Waals surface area contributed by atoms with Crippen molar-refractivity contribution >= 4 is 5.97 Å². The maximum atomic E-state index is 10.6. The third kappa shape index (κ3) is 2.09. The largest absolute Gasteiger partial charge is 0.480 e. The maximum absolute atomic E-state index is 10.6. The normalized spacial score (nSPS) is 14.0. The van der Waals surface area contributed by atoms with Crippen molar-refractivity contribution in [3.8, 4) is 6.07 Å². The SMILES string of the molecule is N#C[C@H](c1ccccc1)C(N)C(=O)O. The van der Waals surface area contributed by atoms with E-state index in [1.165, 1.54) is 0 Å². The number of carbonyl (C=O) groups is 1. The van der Waals surface area contributed by atoms with E-state index in [-0.39, 0.29) is 0 Å². The number of carboxylic acids is 1. The topological polar surface area (TPSA) is 87.1 Å². The van der Waals surface area contributed by atoms with Gasteiger partial charge in [-0.2, -0.15) is 5.26 Å². The van der Waals surface area contributed by atoms with Crippen molar-refractivity contribution < 1.29 is 9.90 Å². The average Bonchev–Trinajstić information content (AvgIpc) is 2.20. The Balaban J connectivity index is 2.95. The Bertz CT molecular complexity index is 356. The van der Waals surface area contributed by atoms with Crippen LogP contribution in [-0.2, 0) is 4.79 Å². The Kier molecular flexibility index (Phi) is 3.21. The zero-order valence-electron chi connectivity index (χ0n) is 7.42. The number of aliphatic carboxylic acids is 1. The molecular weight excluding hydrogens is 180 g/mol. The van der Waals surface area contributed by atoms with E-state index >= 15 is 0 Å². The van der Waals surface area contributed by atoms with E-state index in [2.05, 4.69) is 0 Å². The first-order valence-corrected chi connectivity index (χ1v) is 4.09. The molecule has 0 saturated carbocycles. The fraction of sp³-hybridized carbons (Fsp3) is 0.200. The Morgan fingerprint density at radius 3 is 2.43 bits per heavy atom. The van der Waals surface area contributed by atoms with Crippen molar-refractivity contribution in [3.63, 3.8) is 0 Å². The lowest BCUT2D eigenvalue weighted by molar-refractivity contribution is -0.138. The van der Waals surface area contributed by atoms with E-state index < -0.39 is 17.9 Å². The molecule has 0 saturated heterocycles. The van der Waals surface area contributed by atoms with Crippen molar-refractivity contribution in [2.24, 2.45) is 5.73 Å². The predicted molar refractivity (Wildman–Crippen MR) is 50.4 cm³/mol. The lowest BCUT2D eigenvalue weighted by atomic mass is 9.93. The van der Waals surface area contributed by atoms with Gasteiger partial charge in [-0.05, 0) is 5.56 Å². The van der Waals surface area contributed by atoms with Crippen LogP contribution >= 0.6 is 0 Å². The molecule has 0 radical (unpaired) electrons. The summed E-state index contributed by atoms with van der Waals surface area (Å²) in [6.07, 6.45) is 0. The fourth-order valence-electron chi connectivity index (χ4n) is 1.17. The molecule has 0 aliphatic heterocycles. The van der Waals surface area contributed by atoms with E-state index in [9.17, 15) is 4.79 Å². The van der Waals surface area contributed by atoms with Crippen LogP contribution in [0.1, 0.15) is 11.5 Å². The smallest absolute Gasteiger partial charge is 0.322 e. The quantitative estimate of drug-likeness (QED) is 0.734. The molecule has 3 N–H and O–H groups in total. The molecule has 1 unspecified atom stereocenters. The molecule has 0 aliphatic rings. The molecule has 0 heterocycles. The van der Waals surface area contributed by atoms with Crippen molar-refractivity contribution in [3.05, 3.63) is 35.9 Å². The van der Waals surface area contributed by atoms with Crippen LogP contribution in [-0.4, -0.2) is 17.1 Å². The van der Waals surface area contributed by atoms with Crippen LogP contribution in [0.5, 0.6) is 0 Å². The van der Waals surface area contributed by atoms with Gasteiger partial charge >= 0.3 is 5.97 Å². The molecule has 4 nitrogen and oxygen atoms in total. The Morgan fingerprint density at radius 2 is 2.00 bits per heavy atom. The van der Waals surface area contributed by atoms with Gasteiger partial charge in [0.1, 0.15) is 6.04 Å². The van der Waals surface area contributed by atoms with Gasteiger partial charge in [-0.15, -0.1) is 0 Å². The summed E-state index contributed by atoms with van der Waals surface area (Å²) in [7, 11) is 0. The monoisotopic (exact) mass is 190 g/mol. The number of hydrogen-bond donors (Lipinski definition) is 2. The van der Waals surface area contributed by atoms with Gasteiger partial charge in [-0.3, -0.25) is 4.79 Å². The van der Waals surface area contributed by atoms with Crippen molar-refractivity contribution in [1.29, 1.82) is 5.26 Å². The molecule has 0 amide bonds. The van der Waals surface area contributed by atoms with Crippen molar-refractivity contribution in [1.82, 2.24) is 0 Å². The molecule has 4 heteroatoms. The van der Waals surface area contributed by atoms with Crippen molar-refractivity contribution in [2.45, 2.75) is 12.0 Å². The highest BCUT2D eigenvalue weighted by Gasteiger charge is 2.25. The Labute approximate surface area is 81.6 Å². The average molecular weight is 190 g/mol. The summed E-state index contributed by atoms with van der Waals surface area (Å²) < 4.78 is 0. The van der Waals surface area contributed by atoms with Crippen LogP contribution in [0.3, 0.4) is 0 Å². The third-order valence-electron chi connectivity index (χ3n) is 1.94. The second-order valence-corrected chi connectivity index (χ2v) is 2.88. The molecule has 0 aromatic heterocycles. The Morgan fingerprint density at radius 1 is 1.43 bits per heavy atom. The highest BCUT2D eigenvalue weighted by Crippen LogP contribution is 2.17. The van der Waals surface area contributed by atoms with Gasteiger partial charge in [0.25, 0.3) is 0 Å². The van der Waals surface area contributed by atoms with Crippen LogP contribution in [0.4, 0.5) is 0 Å². The molecule has 0 spiro atoms. The van der Waals surface area contributed by atoms with Gasteiger partial charge < -0.3 is 10.8 Å². The maximum Gasteiger partial charge on any atom is 0.322 e. The van der Waals surface area contributed by atoms with Gasteiger partial charge in [0.15, 0.2) is 0 Å². The van der Waals surface area contributed by atoms with E-state index in [4.69, 9.17) is 16.1 Å². The lowest BCUT2D eigenvalue weighted by Crippen LogP contribution is -2.35. The molecule has 0 bridgehead atoms. The zero-order chi connectivity index (χ0) is 10.6. The molecule has 0 aliphatic carbocycles. The summed E-state index contributed by atoms with van der Waals surface area (Å²) in [6, 6.07) is 9.38. The molecule has 1 aromatic carbocycles. The summed E-state index contributed by atoms with van der Waals surface area (Å²) in [4.78, 5) is 10.6. The summed E-state index contributed by atoms with van der Waals surface area (Å²) in [5.41, 5.74) is 6.01. The number of nitriles is 1. The standard InChI is InChI=1S/C10H10N2O2/c11-6-8(9(12)10(13)14)7-4-2-1-3-5-7/h1-5,8-9H,12H2,(H,13,14)/t8-,9?/m1/s1. The lowest BCUT2D eigenvalue weighted by Gasteiger charge is -2.13. The minimum atomic E-state index is -1.18. The summed E-state index contributed by atoms with van der Waals surface area (Å²) in [5.74, 6) is -1.96. The van der Waals surface area contributed by atoms with Gasteiger partial charge in [-0.25, -0.2) is 0 Å². The second kappa shape index (κ2) is 4.40. The van der Waals surface area contributed by atoms with E-state index in [0.717, 1.165) is 0 Å². The van der Waals surface area contributed by atoms with E-state index in [1.54, 1.807) is 30.3 Å². The minimum absolute atomic E-state index is 0.630. The van der Waals surface area contributed by atoms with Gasteiger partial charge in [0, 0.05) is 0 Å². The summed E-state index contributed by atoms with van der Waals surface area (Å²) in [6.45, 7) is 0. The number of hydrogen-bond acceptors (Lipinski definition) is 3. The first-order valence-electron chi connectivity index (χ1n) is 4.09. The second-order valence-electron chi connectivity index (χ2n) is 2.88. The molecular formula is C10H10N2O2. The molecule has 1 aromatic rings. The van der Waals surface area contributed by atoms with E-state index in [0.29, 0.717) is 5.56 Å². The fourth-order valence-corrected chi connectivity index (χ4v) is 1.17. The number of rotatable bonds is 3. The highest BCUT2D eigenvalue weighted by atomic mass is 16.4. The highest BCUT2D eigenvalue weighted by molar-refractivity contribution is 5.75. The van der Waals surface area contributed by atoms with Crippen molar-refractivity contribution in [2.75, 3.05) is 0 Å². The third-order valence-corrected chi connectivity index (χ3v) is 1.94. The predicted octanol–water partition coefficient (Wildman–Crippen LogP) is 0.706. The molecule has 1 rings (SSSR count). The van der Waals surface area contributed by atoms with Crippen LogP contribution in [0, 0.1) is 11.3 Å². The van der Waals surface area contributed by atoms with Crippen LogP contribution in [0.25, 0.3) is 0 Å². The van der Waals surface area contributed by atoms with Gasteiger partial charge in [-0.1, -0.05) is 30.3 Å². The first kappa shape index (κ1) is 10.2. The Hall–Kier alpha value is -1.86. The minimum Gasteiger partial charge on any atom is -0.480 e. The van der Waals surface area contributed by atoms with Gasteiger partial charge in [0.2, 0.25) is 0 Å². The number of benzene rings is 1. The summed E-state index contributed by atoms with van der Waals surface area (Å²) >= 11 is 0. The van der Waals surface area contributed by atoms with Crippen LogP contribution < -0.4 is 5.73 Å². The molecule has 2 atom stereocenters. The molecule has 14 heavy (non-hydrogen) atoms.